The predicted octanol–water partition coefficient (Wildman–Crippen LogP) is 2.75. The molecule has 0 bridgehead atoms. The van der Waals surface area contributed by atoms with Gasteiger partial charge in [-0.3, -0.25) is 9.69 Å². The van der Waals surface area contributed by atoms with Gasteiger partial charge in [-0.25, -0.2) is 4.39 Å². The van der Waals surface area contributed by atoms with Gasteiger partial charge < -0.3 is 15.4 Å². The molecule has 0 aliphatic carbocycles. The number of rotatable bonds is 9. The Morgan fingerprint density at radius 3 is 2.34 bits per heavy atom. The number of nitrogens with two attached hydrogens (primary N) is 1. The van der Waals surface area contributed by atoms with Crippen LogP contribution in [0, 0.1) is 0 Å². The molecule has 0 amide bonds. The Morgan fingerprint density at radius 2 is 1.72 bits per heavy atom. The van der Waals surface area contributed by atoms with E-state index >= 15 is 0 Å². The second-order valence-electron chi connectivity index (χ2n) is 7.48. The second kappa shape index (κ2) is 10.5. The first-order valence-electron chi connectivity index (χ1n) is 10.1. The molecule has 0 spiro atoms. The number of nitrogens with zero attached hydrogens (tertiary/aromatic N) is 2. The number of ketones is 1. The number of methoxy groups -OCH3 is 1. The van der Waals surface area contributed by atoms with Gasteiger partial charge in [0.15, 0.2) is 12.1 Å². The normalized spacial score (nSPS) is 17.6. The Hall–Kier alpha value is -2.28. The number of carbonyl (C=O) groups excluding carboxylic acids is 1. The number of hydrogen-bond donors (Lipinski definition) is 1. The molecule has 5 nitrogen and oxygen atoms in total. The number of Topliss-reactive ketones (excluding diaryl/α,β-unsaturated/α-hetero) is 1. The molecule has 2 aromatic carbocycles. The van der Waals surface area contributed by atoms with Crippen molar-refractivity contribution in [3.05, 3.63) is 65.7 Å². The molecular weight excluding hydrogens is 369 g/mol. The van der Waals surface area contributed by atoms with E-state index in [1.165, 1.54) is 5.56 Å². The lowest BCUT2D eigenvalue weighted by molar-refractivity contribution is 0.0236. The lowest BCUT2D eigenvalue weighted by atomic mass is 10.0. The molecule has 2 aromatic rings. The summed E-state index contributed by atoms with van der Waals surface area (Å²) in [6.45, 7) is 3.88. The van der Waals surface area contributed by atoms with Crippen LogP contribution in [-0.2, 0) is 6.42 Å². The summed E-state index contributed by atoms with van der Waals surface area (Å²) in [4.78, 5) is 16.5. The molecule has 1 heterocycles. The van der Waals surface area contributed by atoms with E-state index in [1.807, 2.05) is 18.2 Å². The fourth-order valence-corrected chi connectivity index (χ4v) is 3.63. The summed E-state index contributed by atoms with van der Waals surface area (Å²) in [6, 6.07) is 16.1. The van der Waals surface area contributed by atoms with Crippen LogP contribution in [0.25, 0.3) is 0 Å². The summed E-state index contributed by atoms with van der Waals surface area (Å²) in [5.41, 5.74) is 7.78. The molecule has 2 unspecified atom stereocenters. The van der Waals surface area contributed by atoms with E-state index in [0.29, 0.717) is 18.7 Å². The molecule has 6 heteroatoms. The van der Waals surface area contributed by atoms with Crippen LogP contribution in [0.15, 0.2) is 54.6 Å². The van der Waals surface area contributed by atoms with E-state index < -0.39 is 12.3 Å². The number of carbonyl (C=O) groups is 1. The van der Waals surface area contributed by atoms with Gasteiger partial charge in [-0.1, -0.05) is 42.5 Å². The van der Waals surface area contributed by atoms with Gasteiger partial charge in [0.25, 0.3) is 0 Å². The minimum absolute atomic E-state index is 0.0274. The van der Waals surface area contributed by atoms with E-state index in [0.717, 1.165) is 31.8 Å². The molecule has 0 aromatic heterocycles. The van der Waals surface area contributed by atoms with E-state index in [4.69, 9.17) is 10.5 Å². The second-order valence-corrected chi connectivity index (χ2v) is 7.48. The number of piperazine rings is 1. The third-order valence-corrected chi connectivity index (χ3v) is 5.52. The van der Waals surface area contributed by atoms with Crippen molar-refractivity contribution in [3.63, 3.8) is 0 Å². The van der Waals surface area contributed by atoms with Crippen molar-refractivity contribution in [2.24, 2.45) is 5.73 Å². The van der Waals surface area contributed by atoms with E-state index in [9.17, 15) is 9.18 Å². The van der Waals surface area contributed by atoms with Crippen LogP contribution in [0.4, 0.5) is 4.39 Å². The van der Waals surface area contributed by atoms with Crippen molar-refractivity contribution in [1.29, 1.82) is 0 Å². The average molecular weight is 400 g/mol. The van der Waals surface area contributed by atoms with Gasteiger partial charge >= 0.3 is 0 Å². The van der Waals surface area contributed by atoms with Gasteiger partial charge in [0.05, 0.1) is 13.2 Å². The Morgan fingerprint density at radius 1 is 1.07 bits per heavy atom. The van der Waals surface area contributed by atoms with Crippen LogP contribution in [0.5, 0.6) is 5.75 Å². The van der Waals surface area contributed by atoms with Gasteiger partial charge in [0.1, 0.15) is 5.75 Å². The molecule has 0 saturated carbocycles. The van der Waals surface area contributed by atoms with Gasteiger partial charge in [0, 0.05) is 44.7 Å². The van der Waals surface area contributed by atoms with Gasteiger partial charge in [-0.15, -0.1) is 0 Å². The molecule has 1 aliphatic heterocycles. The summed E-state index contributed by atoms with van der Waals surface area (Å²) in [5.74, 6) is 0.659. The van der Waals surface area contributed by atoms with Crippen molar-refractivity contribution >= 4 is 5.78 Å². The number of benzene rings is 2. The fraction of sp³-hybridized carbons (Fsp3) is 0.435. The van der Waals surface area contributed by atoms with Gasteiger partial charge in [0.2, 0.25) is 0 Å². The first kappa shape index (κ1) is 21.4. The van der Waals surface area contributed by atoms with E-state index in [-0.39, 0.29) is 12.2 Å². The molecule has 2 atom stereocenters. The van der Waals surface area contributed by atoms with Gasteiger partial charge in [-0.2, -0.15) is 0 Å². The number of halogens is 1. The standard InChI is InChI=1S/C23H30FN3O2/c1-29-20-9-7-18(8-10-20)11-12-26-13-15-27(16-14-26)22(24)17-21(25)23(28)19-5-3-2-4-6-19/h2-10,21-22H,11-17,25H2,1H3. The number of alkyl halides is 1. The Kier molecular flexibility index (Phi) is 7.75. The lowest BCUT2D eigenvalue weighted by Gasteiger charge is -2.36. The topological polar surface area (TPSA) is 58.8 Å². The maximum absolute atomic E-state index is 14.7. The van der Waals surface area contributed by atoms with Crippen LogP contribution in [0.3, 0.4) is 0 Å². The predicted molar refractivity (Wildman–Crippen MR) is 113 cm³/mol. The van der Waals surface area contributed by atoms with Crippen molar-refractivity contribution in [1.82, 2.24) is 9.80 Å². The molecule has 3 rings (SSSR count). The molecule has 156 valence electrons. The smallest absolute Gasteiger partial charge is 0.179 e. The number of hydrogen-bond acceptors (Lipinski definition) is 5. The third-order valence-electron chi connectivity index (χ3n) is 5.52. The molecule has 29 heavy (non-hydrogen) atoms. The van der Waals surface area contributed by atoms with E-state index in [1.54, 1.807) is 36.3 Å². The van der Waals surface area contributed by atoms with Crippen LogP contribution >= 0.6 is 0 Å². The Balaban J connectivity index is 1.40. The maximum atomic E-state index is 14.7. The highest BCUT2D eigenvalue weighted by molar-refractivity contribution is 5.99. The first-order chi connectivity index (χ1) is 14.1. The largest absolute Gasteiger partial charge is 0.497 e. The summed E-state index contributed by atoms with van der Waals surface area (Å²) >= 11 is 0. The highest BCUT2D eigenvalue weighted by Crippen LogP contribution is 2.16. The fourth-order valence-electron chi connectivity index (χ4n) is 3.63. The van der Waals surface area contributed by atoms with Crippen LogP contribution < -0.4 is 10.5 Å². The van der Waals surface area contributed by atoms with Crippen molar-refractivity contribution in [2.45, 2.75) is 25.2 Å². The van der Waals surface area contributed by atoms with Crippen LogP contribution in [-0.4, -0.2) is 67.8 Å². The van der Waals surface area contributed by atoms with E-state index in [2.05, 4.69) is 17.0 Å². The summed E-state index contributed by atoms with van der Waals surface area (Å²) in [5, 5.41) is 0. The minimum atomic E-state index is -1.19. The zero-order chi connectivity index (χ0) is 20.6. The first-order valence-corrected chi connectivity index (χ1v) is 10.1. The van der Waals surface area contributed by atoms with Gasteiger partial charge in [-0.05, 0) is 24.1 Å². The molecule has 1 saturated heterocycles. The molecular formula is C23H30FN3O2. The van der Waals surface area contributed by atoms with Crippen LogP contribution in [0.1, 0.15) is 22.3 Å². The highest BCUT2D eigenvalue weighted by Gasteiger charge is 2.27. The third kappa shape index (κ3) is 6.10. The molecule has 1 aliphatic rings. The summed E-state index contributed by atoms with van der Waals surface area (Å²) in [7, 11) is 1.66. The van der Waals surface area contributed by atoms with Crippen molar-refractivity contribution in [2.75, 3.05) is 39.8 Å². The minimum Gasteiger partial charge on any atom is -0.497 e. The van der Waals surface area contributed by atoms with Crippen LogP contribution in [0.2, 0.25) is 0 Å². The Labute approximate surface area is 172 Å². The molecule has 0 radical (unpaired) electrons. The lowest BCUT2D eigenvalue weighted by Crippen LogP contribution is -2.51. The summed E-state index contributed by atoms with van der Waals surface area (Å²) < 4.78 is 19.9. The maximum Gasteiger partial charge on any atom is 0.179 e. The molecule has 2 N–H and O–H groups in total. The zero-order valence-corrected chi connectivity index (χ0v) is 17.0. The monoisotopic (exact) mass is 399 g/mol. The SMILES string of the molecule is COc1ccc(CCN2CCN(C(F)CC(N)C(=O)c3ccccc3)CC2)cc1. The van der Waals surface area contributed by atoms with Crippen molar-refractivity contribution < 1.29 is 13.9 Å². The Bertz CT molecular complexity index is 761. The van der Waals surface area contributed by atoms with Crippen molar-refractivity contribution in [3.8, 4) is 5.75 Å². The average Bonchev–Trinajstić information content (AvgIpc) is 2.78. The number of ether oxygens (including phenoxy) is 1. The quantitative estimate of drug-likeness (QED) is 0.519. The highest BCUT2D eigenvalue weighted by atomic mass is 19.1. The zero-order valence-electron chi connectivity index (χ0n) is 17.0. The summed E-state index contributed by atoms with van der Waals surface area (Å²) in [6.07, 6.45) is -0.208. The molecule has 1 fully saturated rings.